The molecule has 0 bridgehead atoms. The summed E-state index contributed by atoms with van der Waals surface area (Å²) in [5.74, 6) is -0.203. The van der Waals surface area contributed by atoms with E-state index in [-0.39, 0.29) is 17.3 Å². The summed E-state index contributed by atoms with van der Waals surface area (Å²) in [7, 11) is 0. The van der Waals surface area contributed by atoms with Gasteiger partial charge in [0.05, 0.1) is 6.33 Å². The van der Waals surface area contributed by atoms with Gasteiger partial charge in [-0.3, -0.25) is 4.79 Å². The average molecular weight is 235 g/mol. The van der Waals surface area contributed by atoms with Crippen molar-refractivity contribution in [3.8, 4) is 11.6 Å². The average Bonchev–Trinajstić information content (AvgIpc) is 2.30. The molecule has 1 heterocycles. The van der Waals surface area contributed by atoms with Gasteiger partial charge in [-0.15, -0.1) is 0 Å². The smallest absolute Gasteiger partial charge is 0.277 e. The topological polar surface area (TPSA) is 81.0 Å². The number of hydrogen-bond acceptors (Lipinski definition) is 4. The van der Waals surface area contributed by atoms with E-state index < -0.39 is 11.4 Å². The summed E-state index contributed by atoms with van der Waals surface area (Å²) < 4.78 is 18.3. The minimum Gasteiger partial charge on any atom is -0.437 e. The van der Waals surface area contributed by atoms with Gasteiger partial charge in [-0.05, 0) is 18.6 Å². The monoisotopic (exact) mass is 235 g/mol. The summed E-state index contributed by atoms with van der Waals surface area (Å²) in [5.41, 5.74) is 5.57. The van der Waals surface area contributed by atoms with Gasteiger partial charge in [-0.25, -0.2) is 9.37 Å². The van der Waals surface area contributed by atoms with Crippen LogP contribution in [0.1, 0.15) is 5.56 Å². The first-order valence-corrected chi connectivity index (χ1v) is 4.85. The van der Waals surface area contributed by atoms with Gasteiger partial charge in [0.25, 0.3) is 5.56 Å². The SMILES string of the molecule is Cc1ccc(F)cc1Oc1nc[nH]c(=O)c1N. The van der Waals surface area contributed by atoms with Gasteiger partial charge < -0.3 is 15.5 Å². The lowest BCUT2D eigenvalue weighted by Gasteiger charge is -2.08. The largest absolute Gasteiger partial charge is 0.437 e. The van der Waals surface area contributed by atoms with E-state index in [1.54, 1.807) is 13.0 Å². The van der Waals surface area contributed by atoms with Gasteiger partial charge in [0.2, 0.25) is 5.88 Å². The molecular weight excluding hydrogens is 225 g/mol. The second-order valence-electron chi connectivity index (χ2n) is 3.46. The Kier molecular flexibility index (Phi) is 2.78. The van der Waals surface area contributed by atoms with Gasteiger partial charge in [-0.1, -0.05) is 6.07 Å². The number of nitrogen functional groups attached to an aromatic ring is 1. The summed E-state index contributed by atoms with van der Waals surface area (Å²) in [6.45, 7) is 1.75. The maximum Gasteiger partial charge on any atom is 0.277 e. The van der Waals surface area contributed by atoms with Crippen molar-refractivity contribution in [1.82, 2.24) is 9.97 Å². The van der Waals surface area contributed by atoms with E-state index in [2.05, 4.69) is 9.97 Å². The Balaban J connectivity index is 2.41. The molecule has 0 fully saturated rings. The highest BCUT2D eigenvalue weighted by atomic mass is 19.1. The lowest BCUT2D eigenvalue weighted by atomic mass is 10.2. The molecule has 0 unspecified atom stereocenters. The van der Waals surface area contributed by atoms with Crippen LogP contribution in [-0.4, -0.2) is 9.97 Å². The molecule has 0 atom stereocenters. The normalized spacial score (nSPS) is 10.2. The lowest BCUT2D eigenvalue weighted by molar-refractivity contribution is 0.455. The van der Waals surface area contributed by atoms with Gasteiger partial charge in [0.1, 0.15) is 11.6 Å². The molecular formula is C11H10FN3O2. The first-order chi connectivity index (χ1) is 8.08. The summed E-state index contributed by atoms with van der Waals surface area (Å²) in [6.07, 6.45) is 1.17. The maximum atomic E-state index is 13.0. The van der Waals surface area contributed by atoms with Crippen LogP contribution < -0.4 is 16.0 Å². The van der Waals surface area contributed by atoms with E-state index in [1.165, 1.54) is 18.5 Å². The molecule has 0 spiro atoms. The number of hydrogen-bond donors (Lipinski definition) is 2. The number of nitrogens with one attached hydrogen (secondary N) is 1. The van der Waals surface area contributed by atoms with Crippen molar-refractivity contribution in [3.63, 3.8) is 0 Å². The molecule has 17 heavy (non-hydrogen) atoms. The lowest BCUT2D eigenvalue weighted by Crippen LogP contribution is -2.13. The van der Waals surface area contributed by atoms with Crippen LogP contribution in [0, 0.1) is 12.7 Å². The van der Waals surface area contributed by atoms with Gasteiger partial charge >= 0.3 is 0 Å². The fourth-order valence-corrected chi connectivity index (χ4v) is 1.26. The number of halogens is 1. The molecule has 1 aromatic carbocycles. The third-order valence-corrected chi connectivity index (χ3v) is 2.21. The van der Waals surface area contributed by atoms with Crippen molar-refractivity contribution in [2.45, 2.75) is 6.92 Å². The zero-order valence-corrected chi connectivity index (χ0v) is 9.03. The zero-order valence-electron chi connectivity index (χ0n) is 9.03. The van der Waals surface area contributed by atoms with Gasteiger partial charge in [0.15, 0.2) is 5.69 Å². The molecule has 3 N–H and O–H groups in total. The molecule has 0 saturated heterocycles. The van der Waals surface area contributed by atoms with Crippen LogP contribution in [0.15, 0.2) is 29.3 Å². The highest BCUT2D eigenvalue weighted by Gasteiger charge is 2.09. The molecule has 0 radical (unpaired) electrons. The number of aromatic amines is 1. The van der Waals surface area contributed by atoms with E-state index in [4.69, 9.17) is 10.5 Å². The number of H-pyrrole nitrogens is 1. The second kappa shape index (κ2) is 4.25. The highest BCUT2D eigenvalue weighted by molar-refractivity contribution is 5.48. The molecule has 0 amide bonds. The van der Waals surface area contributed by atoms with Crippen molar-refractivity contribution in [2.75, 3.05) is 5.73 Å². The molecule has 88 valence electrons. The minimum atomic E-state index is -0.496. The van der Waals surface area contributed by atoms with Crippen LogP contribution in [0.2, 0.25) is 0 Å². The van der Waals surface area contributed by atoms with Crippen molar-refractivity contribution >= 4 is 5.69 Å². The van der Waals surface area contributed by atoms with E-state index in [0.717, 1.165) is 0 Å². The summed E-state index contributed by atoms with van der Waals surface area (Å²) in [6, 6.07) is 4.09. The number of anilines is 1. The molecule has 5 nitrogen and oxygen atoms in total. The van der Waals surface area contributed by atoms with Crippen LogP contribution in [0.3, 0.4) is 0 Å². The molecule has 0 aliphatic carbocycles. The van der Waals surface area contributed by atoms with Crippen LogP contribution in [-0.2, 0) is 0 Å². The number of aromatic nitrogens is 2. The van der Waals surface area contributed by atoms with E-state index in [9.17, 15) is 9.18 Å². The van der Waals surface area contributed by atoms with Gasteiger partial charge in [-0.2, -0.15) is 0 Å². The first kappa shape index (κ1) is 11.1. The van der Waals surface area contributed by atoms with Crippen molar-refractivity contribution < 1.29 is 9.13 Å². The molecule has 0 aliphatic rings. The zero-order chi connectivity index (χ0) is 12.4. The maximum absolute atomic E-state index is 13.0. The minimum absolute atomic E-state index is 0.0394. The molecule has 2 aromatic rings. The third kappa shape index (κ3) is 2.25. The van der Waals surface area contributed by atoms with Crippen molar-refractivity contribution in [2.24, 2.45) is 0 Å². The third-order valence-electron chi connectivity index (χ3n) is 2.21. The number of rotatable bonds is 2. The number of benzene rings is 1. The Labute approximate surface area is 96.1 Å². The Morgan fingerprint density at radius 3 is 3.00 bits per heavy atom. The summed E-state index contributed by atoms with van der Waals surface area (Å²) >= 11 is 0. The molecule has 2 rings (SSSR count). The first-order valence-electron chi connectivity index (χ1n) is 4.85. The van der Waals surface area contributed by atoms with Crippen LogP contribution in [0.25, 0.3) is 0 Å². The van der Waals surface area contributed by atoms with E-state index >= 15 is 0 Å². The Morgan fingerprint density at radius 2 is 2.24 bits per heavy atom. The second-order valence-corrected chi connectivity index (χ2v) is 3.46. The highest BCUT2D eigenvalue weighted by Crippen LogP contribution is 2.25. The summed E-state index contributed by atoms with van der Waals surface area (Å²) in [5, 5.41) is 0. The molecule has 0 aliphatic heterocycles. The van der Waals surface area contributed by atoms with E-state index in [0.29, 0.717) is 5.56 Å². The number of ether oxygens (including phenoxy) is 1. The number of nitrogens with zero attached hydrogens (tertiary/aromatic N) is 1. The van der Waals surface area contributed by atoms with Crippen LogP contribution in [0.4, 0.5) is 10.1 Å². The molecule has 1 aromatic heterocycles. The summed E-state index contributed by atoms with van der Waals surface area (Å²) in [4.78, 5) is 17.3. The Bertz CT molecular complexity index is 610. The van der Waals surface area contributed by atoms with Crippen molar-refractivity contribution in [1.29, 1.82) is 0 Å². The fraction of sp³-hybridized carbons (Fsp3) is 0.0909. The predicted octanol–water partition coefficient (Wildman–Crippen LogP) is 1.59. The Morgan fingerprint density at radius 1 is 1.47 bits per heavy atom. The standard InChI is InChI=1S/C11H10FN3O2/c1-6-2-3-7(12)4-8(6)17-11-9(13)10(16)14-5-15-11/h2-5H,13H2,1H3,(H,14,15,16). The molecule has 0 saturated carbocycles. The van der Waals surface area contributed by atoms with Crippen molar-refractivity contribution in [3.05, 3.63) is 46.3 Å². The van der Waals surface area contributed by atoms with Gasteiger partial charge in [0, 0.05) is 6.07 Å². The van der Waals surface area contributed by atoms with Crippen LogP contribution >= 0.6 is 0 Å². The predicted molar refractivity (Wildman–Crippen MR) is 60.5 cm³/mol. The molecule has 6 heteroatoms. The number of aryl methyl sites for hydroxylation is 1. The Hall–Kier alpha value is -2.37. The fourth-order valence-electron chi connectivity index (χ4n) is 1.26. The van der Waals surface area contributed by atoms with Crippen LogP contribution in [0.5, 0.6) is 11.6 Å². The number of nitrogens with two attached hydrogens (primary N) is 1. The van der Waals surface area contributed by atoms with E-state index in [1.807, 2.05) is 0 Å². The quantitative estimate of drug-likeness (QED) is 0.828.